The number of nitrogens with one attached hydrogen (secondary N) is 2. The molecule has 0 atom stereocenters. The number of fused-ring (bicyclic) bond motifs is 1. The molecule has 2 fully saturated rings. The third-order valence-electron chi connectivity index (χ3n) is 5.73. The van der Waals surface area contributed by atoms with E-state index in [1.807, 2.05) is 24.3 Å². The van der Waals surface area contributed by atoms with Gasteiger partial charge in [0.25, 0.3) is 5.91 Å². The SMILES string of the molecule is O=C(NC1CCC(c2nc3cc(Cl)ccc3o2)CC1)c1ccnc(NC2CC2)c1. The Kier molecular flexibility index (Phi) is 4.87. The first-order valence-corrected chi connectivity index (χ1v) is 10.6. The Morgan fingerprint density at radius 3 is 2.62 bits per heavy atom. The molecular weight excluding hydrogens is 388 g/mol. The Morgan fingerprint density at radius 1 is 1.03 bits per heavy atom. The lowest BCUT2D eigenvalue weighted by molar-refractivity contribution is 0.0925. The third kappa shape index (κ3) is 4.22. The summed E-state index contributed by atoms with van der Waals surface area (Å²) in [4.78, 5) is 21.6. The van der Waals surface area contributed by atoms with Crippen LogP contribution in [-0.4, -0.2) is 28.0 Å². The normalized spacial score (nSPS) is 21.8. The number of halogens is 1. The van der Waals surface area contributed by atoms with Crippen molar-refractivity contribution in [2.75, 3.05) is 5.32 Å². The highest BCUT2D eigenvalue weighted by atomic mass is 35.5. The number of aromatic nitrogens is 2. The maximum Gasteiger partial charge on any atom is 0.251 e. The lowest BCUT2D eigenvalue weighted by Gasteiger charge is -2.27. The van der Waals surface area contributed by atoms with Crippen LogP contribution >= 0.6 is 11.6 Å². The van der Waals surface area contributed by atoms with Crippen LogP contribution in [0.15, 0.2) is 40.9 Å². The van der Waals surface area contributed by atoms with Gasteiger partial charge in [-0.2, -0.15) is 0 Å². The van der Waals surface area contributed by atoms with Gasteiger partial charge < -0.3 is 15.1 Å². The Bertz CT molecular complexity index is 1040. The van der Waals surface area contributed by atoms with Crippen molar-refractivity contribution < 1.29 is 9.21 Å². The van der Waals surface area contributed by atoms with E-state index in [0.29, 0.717) is 16.6 Å². The van der Waals surface area contributed by atoms with Crippen LogP contribution in [0, 0.1) is 0 Å². The number of nitrogens with zero attached hydrogens (tertiary/aromatic N) is 2. The van der Waals surface area contributed by atoms with E-state index in [1.165, 1.54) is 12.8 Å². The second-order valence-electron chi connectivity index (χ2n) is 8.03. The van der Waals surface area contributed by atoms with Crippen molar-refractivity contribution >= 4 is 34.4 Å². The van der Waals surface area contributed by atoms with E-state index in [0.717, 1.165) is 48.5 Å². The van der Waals surface area contributed by atoms with Gasteiger partial charge in [-0.3, -0.25) is 4.79 Å². The monoisotopic (exact) mass is 410 g/mol. The zero-order valence-electron chi connectivity index (χ0n) is 16.0. The predicted octanol–water partition coefficient (Wildman–Crippen LogP) is 4.91. The van der Waals surface area contributed by atoms with Gasteiger partial charge in [0.1, 0.15) is 11.3 Å². The van der Waals surface area contributed by atoms with Crippen LogP contribution in [-0.2, 0) is 0 Å². The van der Waals surface area contributed by atoms with E-state index in [-0.39, 0.29) is 17.9 Å². The van der Waals surface area contributed by atoms with Crippen molar-refractivity contribution in [3.8, 4) is 0 Å². The minimum absolute atomic E-state index is 0.0359. The maximum atomic E-state index is 12.7. The molecule has 2 N–H and O–H groups in total. The van der Waals surface area contributed by atoms with Crippen LogP contribution < -0.4 is 10.6 Å². The minimum atomic E-state index is -0.0359. The molecule has 0 spiro atoms. The molecule has 29 heavy (non-hydrogen) atoms. The number of oxazole rings is 1. The van der Waals surface area contributed by atoms with Gasteiger partial charge in [0.15, 0.2) is 11.5 Å². The minimum Gasteiger partial charge on any atom is -0.440 e. The Balaban J connectivity index is 1.18. The van der Waals surface area contributed by atoms with Gasteiger partial charge in [0.05, 0.1) is 0 Å². The smallest absolute Gasteiger partial charge is 0.251 e. The highest BCUT2D eigenvalue weighted by Crippen LogP contribution is 2.34. The standard InChI is InChI=1S/C22H23ClN4O2/c23-15-3-8-19-18(12-15)27-22(29-19)13-1-4-17(5-2-13)26-21(28)14-9-10-24-20(11-14)25-16-6-7-16/h3,8-13,16-17H,1-2,4-7H2,(H,24,25)(H,26,28). The summed E-state index contributed by atoms with van der Waals surface area (Å²) in [5.74, 6) is 1.80. The molecule has 0 saturated heterocycles. The maximum absolute atomic E-state index is 12.7. The van der Waals surface area contributed by atoms with Crippen LogP contribution in [0.2, 0.25) is 5.02 Å². The number of rotatable bonds is 5. The highest BCUT2D eigenvalue weighted by molar-refractivity contribution is 6.31. The first-order valence-electron chi connectivity index (χ1n) is 10.2. The molecule has 0 radical (unpaired) electrons. The average molecular weight is 411 g/mol. The first kappa shape index (κ1) is 18.4. The molecule has 2 aromatic heterocycles. The number of anilines is 1. The van der Waals surface area contributed by atoms with Crippen LogP contribution in [0.25, 0.3) is 11.1 Å². The predicted molar refractivity (Wildman–Crippen MR) is 112 cm³/mol. The molecule has 0 aliphatic heterocycles. The summed E-state index contributed by atoms with van der Waals surface area (Å²) in [7, 11) is 0. The highest BCUT2D eigenvalue weighted by Gasteiger charge is 2.27. The van der Waals surface area contributed by atoms with Gasteiger partial charge >= 0.3 is 0 Å². The molecule has 0 unspecified atom stereocenters. The van der Waals surface area contributed by atoms with Crippen molar-refractivity contribution in [1.82, 2.24) is 15.3 Å². The van der Waals surface area contributed by atoms with Crippen LogP contribution in [0.5, 0.6) is 0 Å². The van der Waals surface area contributed by atoms with Crippen LogP contribution in [0.3, 0.4) is 0 Å². The quantitative estimate of drug-likeness (QED) is 0.624. The van der Waals surface area contributed by atoms with Gasteiger partial charge in [-0.05, 0) is 68.9 Å². The van der Waals surface area contributed by atoms with E-state index < -0.39 is 0 Å². The number of benzene rings is 1. The topological polar surface area (TPSA) is 80.1 Å². The summed E-state index contributed by atoms with van der Waals surface area (Å²) in [6, 6.07) is 9.79. The molecule has 1 aromatic carbocycles. The zero-order valence-corrected chi connectivity index (χ0v) is 16.8. The van der Waals surface area contributed by atoms with Crippen LogP contribution in [0.1, 0.15) is 60.7 Å². The van der Waals surface area contributed by atoms with Crippen molar-refractivity contribution in [3.63, 3.8) is 0 Å². The van der Waals surface area contributed by atoms with Gasteiger partial charge in [-0.25, -0.2) is 9.97 Å². The van der Waals surface area contributed by atoms with Crippen molar-refractivity contribution in [2.45, 2.75) is 56.5 Å². The Labute approximate surface area is 174 Å². The lowest BCUT2D eigenvalue weighted by Crippen LogP contribution is -2.37. The van der Waals surface area contributed by atoms with E-state index >= 15 is 0 Å². The molecule has 2 heterocycles. The Hall–Kier alpha value is -2.60. The second kappa shape index (κ2) is 7.67. The molecule has 7 heteroatoms. The lowest BCUT2D eigenvalue weighted by atomic mass is 9.86. The fourth-order valence-corrected chi connectivity index (χ4v) is 4.10. The van der Waals surface area contributed by atoms with Gasteiger partial charge in [0, 0.05) is 34.8 Å². The summed E-state index contributed by atoms with van der Waals surface area (Å²) in [6.07, 6.45) is 7.74. The number of pyridine rings is 1. The molecule has 5 rings (SSSR count). The molecule has 0 bridgehead atoms. The first-order chi connectivity index (χ1) is 14.1. The molecule has 2 aliphatic carbocycles. The van der Waals surface area contributed by atoms with E-state index in [2.05, 4.69) is 20.6 Å². The Morgan fingerprint density at radius 2 is 1.83 bits per heavy atom. The number of hydrogen-bond donors (Lipinski definition) is 2. The number of carbonyl (C=O) groups excluding carboxylic acids is 1. The molecule has 1 amide bonds. The molecule has 2 aliphatic rings. The summed E-state index contributed by atoms with van der Waals surface area (Å²) >= 11 is 6.04. The number of hydrogen-bond acceptors (Lipinski definition) is 5. The largest absolute Gasteiger partial charge is 0.440 e. The second-order valence-corrected chi connectivity index (χ2v) is 8.47. The van der Waals surface area contributed by atoms with Gasteiger partial charge in [-0.1, -0.05) is 11.6 Å². The zero-order chi connectivity index (χ0) is 19.8. The number of amides is 1. The van der Waals surface area contributed by atoms with Gasteiger partial charge in [-0.15, -0.1) is 0 Å². The number of carbonyl (C=O) groups is 1. The fraction of sp³-hybridized carbons (Fsp3) is 0.409. The fourth-order valence-electron chi connectivity index (χ4n) is 3.93. The van der Waals surface area contributed by atoms with Crippen LogP contribution in [0.4, 0.5) is 5.82 Å². The molecule has 150 valence electrons. The summed E-state index contributed by atoms with van der Waals surface area (Å²) in [5.41, 5.74) is 2.23. The molecule has 2 saturated carbocycles. The average Bonchev–Trinajstić information content (AvgIpc) is 3.44. The summed E-state index contributed by atoms with van der Waals surface area (Å²) < 4.78 is 5.93. The van der Waals surface area contributed by atoms with E-state index in [9.17, 15) is 4.79 Å². The summed E-state index contributed by atoms with van der Waals surface area (Å²) in [6.45, 7) is 0. The summed E-state index contributed by atoms with van der Waals surface area (Å²) in [5, 5.41) is 7.17. The third-order valence-corrected chi connectivity index (χ3v) is 5.96. The van der Waals surface area contributed by atoms with Gasteiger partial charge in [0.2, 0.25) is 0 Å². The van der Waals surface area contributed by atoms with Crippen molar-refractivity contribution in [2.24, 2.45) is 0 Å². The van der Waals surface area contributed by atoms with Crippen molar-refractivity contribution in [3.05, 3.63) is 53.0 Å². The van der Waals surface area contributed by atoms with E-state index in [1.54, 1.807) is 12.3 Å². The van der Waals surface area contributed by atoms with Crippen molar-refractivity contribution in [1.29, 1.82) is 0 Å². The van der Waals surface area contributed by atoms with E-state index in [4.69, 9.17) is 16.0 Å². The molecular formula is C22H23ClN4O2. The molecule has 3 aromatic rings. The molecule has 6 nitrogen and oxygen atoms in total.